The second kappa shape index (κ2) is 11.7. The standard InChI is InChI=1S/C29H29N5O3S.C2H6/c1-17-6-4-8-20(14-17)37-21-9-10-22(18(2)15-21)34-23-11-12-30-28-24(23)25(32-29(34)36)26(38-28)27(35)31-19-7-5-13-33(3)16-19;1-2/h4,6,8-12,14-15,19H,5,7,13,16H2,1-3H3,(H,31,35)(H,32,36);1-2H3. The van der Waals surface area contributed by atoms with E-state index in [1.807, 2.05) is 76.2 Å². The Balaban J connectivity index is 0.00000158. The summed E-state index contributed by atoms with van der Waals surface area (Å²) in [5.41, 5.74) is 3.98. The number of hydrogen-bond donors (Lipinski definition) is 2. The Morgan fingerprint density at radius 2 is 1.90 bits per heavy atom. The van der Waals surface area contributed by atoms with Crippen LogP contribution in [0.4, 0.5) is 21.9 Å². The van der Waals surface area contributed by atoms with Crippen molar-refractivity contribution in [1.82, 2.24) is 15.2 Å². The molecule has 3 amide bonds. The van der Waals surface area contributed by atoms with Crippen molar-refractivity contribution < 1.29 is 14.3 Å². The number of pyridine rings is 1. The van der Waals surface area contributed by atoms with E-state index in [2.05, 4.69) is 27.6 Å². The van der Waals surface area contributed by atoms with Crippen molar-refractivity contribution in [2.24, 2.45) is 0 Å². The lowest BCUT2D eigenvalue weighted by Crippen LogP contribution is -2.46. The van der Waals surface area contributed by atoms with E-state index in [0.29, 0.717) is 26.8 Å². The van der Waals surface area contributed by atoms with Gasteiger partial charge in [-0.25, -0.2) is 9.78 Å². The summed E-state index contributed by atoms with van der Waals surface area (Å²) in [6.07, 6.45) is 3.68. The summed E-state index contributed by atoms with van der Waals surface area (Å²) in [4.78, 5) is 36.4. The van der Waals surface area contributed by atoms with Gasteiger partial charge in [0.15, 0.2) is 0 Å². The van der Waals surface area contributed by atoms with Crippen molar-refractivity contribution in [3.8, 4) is 11.5 Å². The van der Waals surface area contributed by atoms with Gasteiger partial charge in [-0.05, 0) is 87.8 Å². The number of likely N-dealkylation sites (tertiary alicyclic amines) is 1. The number of nitrogens with zero attached hydrogens (tertiary/aromatic N) is 3. The second-order valence-corrected chi connectivity index (χ2v) is 11.0. The van der Waals surface area contributed by atoms with E-state index in [0.717, 1.165) is 53.9 Å². The van der Waals surface area contributed by atoms with Gasteiger partial charge in [0.25, 0.3) is 5.91 Å². The fourth-order valence-corrected chi connectivity index (χ4v) is 6.30. The number of piperidine rings is 1. The van der Waals surface area contributed by atoms with Gasteiger partial charge in [0.2, 0.25) is 0 Å². The van der Waals surface area contributed by atoms with Crippen molar-refractivity contribution in [2.45, 2.75) is 46.6 Å². The van der Waals surface area contributed by atoms with Crippen LogP contribution in [0.3, 0.4) is 0 Å². The van der Waals surface area contributed by atoms with Gasteiger partial charge in [-0.2, -0.15) is 0 Å². The molecule has 0 spiro atoms. The summed E-state index contributed by atoms with van der Waals surface area (Å²) >= 11 is 1.31. The highest BCUT2D eigenvalue weighted by Gasteiger charge is 2.34. The van der Waals surface area contributed by atoms with Crippen molar-refractivity contribution in [1.29, 1.82) is 0 Å². The van der Waals surface area contributed by atoms with Crippen LogP contribution >= 0.6 is 11.3 Å². The third-order valence-corrected chi connectivity index (χ3v) is 8.14. The smallest absolute Gasteiger partial charge is 0.331 e. The maximum Gasteiger partial charge on any atom is 0.331 e. The van der Waals surface area contributed by atoms with E-state index in [1.165, 1.54) is 11.3 Å². The molecule has 1 atom stereocenters. The van der Waals surface area contributed by atoms with Crippen molar-refractivity contribution >= 4 is 50.6 Å². The zero-order valence-corrected chi connectivity index (χ0v) is 24.4. The average Bonchev–Trinajstić information content (AvgIpc) is 3.30. The first kappa shape index (κ1) is 27.6. The summed E-state index contributed by atoms with van der Waals surface area (Å²) in [5, 5.41) is 6.94. The molecular weight excluding hydrogens is 522 g/mol. The van der Waals surface area contributed by atoms with Gasteiger partial charge < -0.3 is 20.3 Å². The lowest BCUT2D eigenvalue weighted by atomic mass is 10.1. The highest BCUT2D eigenvalue weighted by molar-refractivity contribution is 7.21. The summed E-state index contributed by atoms with van der Waals surface area (Å²) in [6, 6.07) is 15.1. The van der Waals surface area contributed by atoms with Crippen LogP contribution in [0.2, 0.25) is 0 Å². The minimum absolute atomic E-state index is 0.0880. The maximum atomic E-state index is 13.5. The Morgan fingerprint density at radius 1 is 1.10 bits per heavy atom. The molecule has 2 N–H and O–H groups in total. The zero-order chi connectivity index (χ0) is 28.4. The molecule has 2 aliphatic heterocycles. The van der Waals surface area contributed by atoms with Gasteiger partial charge >= 0.3 is 6.03 Å². The first-order valence-electron chi connectivity index (χ1n) is 13.7. The van der Waals surface area contributed by atoms with E-state index in [-0.39, 0.29) is 18.0 Å². The van der Waals surface area contributed by atoms with Crippen LogP contribution in [0, 0.1) is 13.8 Å². The third-order valence-electron chi connectivity index (χ3n) is 7.05. The lowest BCUT2D eigenvalue weighted by Gasteiger charge is -2.31. The van der Waals surface area contributed by atoms with Crippen LogP contribution < -0.4 is 20.3 Å². The number of hydrogen-bond acceptors (Lipinski definition) is 6. The number of benzene rings is 2. The minimum Gasteiger partial charge on any atom is -0.457 e. The van der Waals surface area contributed by atoms with Gasteiger partial charge in [0.1, 0.15) is 21.2 Å². The quantitative estimate of drug-likeness (QED) is 0.270. The van der Waals surface area contributed by atoms with Gasteiger partial charge in [-0.3, -0.25) is 9.69 Å². The number of thiophene rings is 1. The first-order chi connectivity index (χ1) is 19.4. The van der Waals surface area contributed by atoms with E-state index in [4.69, 9.17) is 4.74 Å². The molecule has 40 heavy (non-hydrogen) atoms. The number of aryl methyl sites for hydroxylation is 2. The molecule has 0 saturated carbocycles. The molecule has 2 aromatic heterocycles. The Bertz CT molecular complexity index is 1570. The Morgan fingerprint density at radius 3 is 2.65 bits per heavy atom. The van der Waals surface area contributed by atoms with E-state index < -0.39 is 0 Å². The molecule has 1 unspecified atom stereocenters. The second-order valence-electron chi connectivity index (χ2n) is 10.0. The van der Waals surface area contributed by atoms with Crippen LogP contribution in [0.5, 0.6) is 11.5 Å². The van der Waals surface area contributed by atoms with Gasteiger partial charge in [0.05, 0.1) is 22.4 Å². The maximum absolute atomic E-state index is 13.5. The SMILES string of the molecule is CC.Cc1cccc(Oc2ccc(N3C(=O)Nc4c(C(=O)NC5CCCN(C)C5)sc5nccc3c45)c(C)c2)c1. The fourth-order valence-electron chi connectivity index (χ4n) is 5.28. The topological polar surface area (TPSA) is 86.8 Å². The Kier molecular flexibility index (Phi) is 8.04. The molecule has 6 rings (SSSR count). The fraction of sp³-hybridized carbons (Fsp3) is 0.323. The first-order valence-corrected chi connectivity index (χ1v) is 14.6. The number of carbonyl (C=O) groups is 2. The Hall–Kier alpha value is -3.95. The largest absolute Gasteiger partial charge is 0.457 e. The number of likely N-dealkylation sites (N-methyl/N-ethyl adjacent to an activating group) is 1. The number of aromatic nitrogens is 1. The third kappa shape index (κ3) is 5.39. The number of nitrogens with one attached hydrogen (secondary N) is 2. The van der Waals surface area contributed by atoms with Crippen molar-refractivity contribution in [3.05, 3.63) is 70.7 Å². The molecule has 2 aliphatic rings. The average molecular weight is 558 g/mol. The Labute approximate surface area is 239 Å². The van der Waals surface area contributed by atoms with Crippen LogP contribution in [0.1, 0.15) is 47.5 Å². The van der Waals surface area contributed by atoms with Crippen LogP contribution in [-0.2, 0) is 0 Å². The summed E-state index contributed by atoms with van der Waals surface area (Å²) in [5.74, 6) is 1.28. The number of ether oxygens (including phenoxy) is 1. The zero-order valence-electron chi connectivity index (χ0n) is 23.6. The van der Waals surface area contributed by atoms with E-state index in [1.54, 1.807) is 11.1 Å². The number of urea groups is 1. The van der Waals surface area contributed by atoms with Crippen LogP contribution in [0.15, 0.2) is 54.7 Å². The highest BCUT2D eigenvalue weighted by Crippen LogP contribution is 2.46. The number of rotatable bonds is 5. The molecular formula is C31H35N5O3S. The normalized spacial score (nSPS) is 16.7. The molecule has 1 fully saturated rings. The molecule has 8 nitrogen and oxygen atoms in total. The number of amides is 3. The molecule has 0 bridgehead atoms. The van der Waals surface area contributed by atoms with E-state index in [9.17, 15) is 9.59 Å². The lowest BCUT2D eigenvalue weighted by molar-refractivity contribution is 0.0917. The van der Waals surface area contributed by atoms with E-state index >= 15 is 0 Å². The molecule has 0 aliphatic carbocycles. The van der Waals surface area contributed by atoms with Crippen LogP contribution in [0.25, 0.3) is 10.2 Å². The minimum atomic E-state index is -0.315. The molecule has 9 heteroatoms. The molecule has 208 valence electrons. The summed E-state index contributed by atoms with van der Waals surface area (Å²) < 4.78 is 6.05. The predicted molar refractivity (Wildman–Crippen MR) is 163 cm³/mol. The number of anilines is 3. The monoisotopic (exact) mass is 557 g/mol. The van der Waals surface area contributed by atoms with Gasteiger partial charge in [0, 0.05) is 18.8 Å². The summed E-state index contributed by atoms with van der Waals surface area (Å²) in [6.45, 7) is 9.83. The summed E-state index contributed by atoms with van der Waals surface area (Å²) in [7, 11) is 2.07. The predicted octanol–water partition coefficient (Wildman–Crippen LogP) is 7.24. The molecule has 4 aromatic rings. The van der Waals surface area contributed by atoms with Crippen LogP contribution in [-0.4, -0.2) is 48.0 Å². The molecule has 1 saturated heterocycles. The van der Waals surface area contributed by atoms with Crippen molar-refractivity contribution in [2.75, 3.05) is 30.4 Å². The molecule has 2 aromatic carbocycles. The molecule has 0 radical (unpaired) electrons. The van der Waals surface area contributed by atoms with Gasteiger partial charge in [-0.1, -0.05) is 26.0 Å². The molecule has 4 heterocycles. The number of carbonyl (C=O) groups excluding carboxylic acids is 2. The highest BCUT2D eigenvalue weighted by atomic mass is 32.1. The van der Waals surface area contributed by atoms with Crippen molar-refractivity contribution in [3.63, 3.8) is 0 Å². The van der Waals surface area contributed by atoms with Gasteiger partial charge in [-0.15, -0.1) is 11.3 Å².